The predicted octanol–water partition coefficient (Wildman–Crippen LogP) is 2.14. The highest BCUT2D eigenvalue weighted by molar-refractivity contribution is 5.95. The normalized spacial score (nSPS) is 25.4. The fourth-order valence-corrected chi connectivity index (χ4v) is 2.96. The summed E-state index contributed by atoms with van der Waals surface area (Å²) in [7, 11) is 0. The van der Waals surface area contributed by atoms with Crippen LogP contribution in [0.5, 0.6) is 0 Å². The van der Waals surface area contributed by atoms with Crippen molar-refractivity contribution >= 4 is 17.6 Å². The van der Waals surface area contributed by atoms with Gasteiger partial charge < -0.3 is 9.64 Å². The second-order valence-corrected chi connectivity index (χ2v) is 5.10. The highest BCUT2D eigenvalue weighted by Crippen LogP contribution is 2.48. The van der Waals surface area contributed by atoms with Gasteiger partial charge in [-0.05, 0) is 6.07 Å². The van der Waals surface area contributed by atoms with Crippen LogP contribution in [0.25, 0.3) is 0 Å². The smallest absolute Gasteiger partial charge is 0.334 e. The van der Waals surface area contributed by atoms with Gasteiger partial charge >= 0.3 is 5.97 Å². The molecule has 1 saturated heterocycles. The summed E-state index contributed by atoms with van der Waals surface area (Å²) in [6, 6.07) is 7.61. The van der Waals surface area contributed by atoms with Crippen LogP contribution in [0, 0.1) is 0 Å². The summed E-state index contributed by atoms with van der Waals surface area (Å²) in [5.41, 5.74) is 1.62. The molecule has 0 aromatic heterocycles. The molecule has 0 saturated carbocycles. The number of rotatable bonds is 0. The lowest BCUT2D eigenvalue weighted by molar-refractivity contribution is -0.148. The molecule has 2 aliphatic rings. The number of hydrogen-bond donors (Lipinski definition) is 0. The van der Waals surface area contributed by atoms with Crippen LogP contribution in [0.1, 0.15) is 25.3 Å². The zero-order valence-electron chi connectivity index (χ0n) is 10.8. The standard InChI is InChI=1S/C15H15NO3/c1-10-9-15(19-14(10)18)7-8-16(11(2)17)13-6-4-3-5-12(13)15/h3-6H,1,7-9H2,2H3. The summed E-state index contributed by atoms with van der Waals surface area (Å²) < 4.78 is 5.58. The Morgan fingerprint density at radius 3 is 2.79 bits per heavy atom. The molecular weight excluding hydrogens is 242 g/mol. The van der Waals surface area contributed by atoms with Gasteiger partial charge in [0.1, 0.15) is 5.60 Å². The number of carbonyl (C=O) groups excluding carboxylic acids is 2. The number of benzene rings is 1. The van der Waals surface area contributed by atoms with Crippen molar-refractivity contribution in [1.82, 2.24) is 0 Å². The van der Waals surface area contributed by atoms with Crippen LogP contribution in [0.2, 0.25) is 0 Å². The first-order valence-electron chi connectivity index (χ1n) is 6.32. The summed E-state index contributed by atoms with van der Waals surface area (Å²) >= 11 is 0. The van der Waals surface area contributed by atoms with E-state index < -0.39 is 5.60 Å². The fraction of sp³-hybridized carbons (Fsp3) is 0.333. The number of fused-ring (bicyclic) bond motifs is 2. The van der Waals surface area contributed by atoms with E-state index in [2.05, 4.69) is 6.58 Å². The Bertz CT molecular complexity index is 575. The number of nitrogens with zero attached hydrogens (tertiary/aromatic N) is 1. The Labute approximate surface area is 111 Å². The van der Waals surface area contributed by atoms with E-state index in [4.69, 9.17) is 4.74 Å². The van der Waals surface area contributed by atoms with Crippen molar-refractivity contribution in [2.24, 2.45) is 0 Å². The van der Waals surface area contributed by atoms with Crippen LogP contribution in [0.4, 0.5) is 5.69 Å². The number of amides is 1. The third-order valence-electron chi connectivity index (χ3n) is 3.88. The molecule has 19 heavy (non-hydrogen) atoms. The summed E-state index contributed by atoms with van der Waals surface area (Å²) in [5, 5.41) is 0. The van der Waals surface area contributed by atoms with Gasteiger partial charge in [0.15, 0.2) is 0 Å². The number of para-hydroxylation sites is 1. The van der Waals surface area contributed by atoms with E-state index in [1.807, 2.05) is 24.3 Å². The zero-order chi connectivity index (χ0) is 13.6. The summed E-state index contributed by atoms with van der Waals surface area (Å²) in [4.78, 5) is 25.1. The molecule has 1 amide bonds. The van der Waals surface area contributed by atoms with Gasteiger partial charge in [0.25, 0.3) is 0 Å². The Kier molecular flexibility index (Phi) is 2.49. The first-order chi connectivity index (χ1) is 9.03. The van der Waals surface area contributed by atoms with E-state index in [1.54, 1.807) is 11.8 Å². The third kappa shape index (κ3) is 1.67. The Morgan fingerprint density at radius 2 is 2.16 bits per heavy atom. The number of esters is 1. The molecule has 0 bridgehead atoms. The molecule has 2 aliphatic heterocycles. The first-order valence-corrected chi connectivity index (χ1v) is 6.32. The zero-order valence-corrected chi connectivity index (χ0v) is 10.8. The maximum atomic E-state index is 11.7. The molecule has 98 valence electrons. The lowest BCUT2D eigenvalue weighted by atomic mass is 9.82. The number of ether oxygens (including phenoxy) is 1. The number of carbonyl (C=O) groups is 2. The molecule has 0 aliphatic carbocycles. The van der Waals surface area contributed by atoms with Crippen LogP contribution in [-0.4, -0.2) is 18.4 Å². The first kappa shape index (κ1) is 12.0. The molecule has 2 heterocycles. The third-order valence-corrected chi connectivity index (χ3v) is 3.88. The van der Waals surface area contributed by atoms with Gasteiger partial charge in [-0.2, -0.15) is 0 Å². The van der Waals surface area contributed by atoms with Crippen LogP contribution in [0.15, 0.2) is 36.4 Å². The van der Waals surface area contributed by atoms with Crippen LogP contribution in [-0.2, 0) is 19.9 Å². The molecule has 0 N–H and O–H groups in total. The predicted molar refractivity (Wildman–Crippen MR) is 70.6 cm³/mol. The Morgan fingerprint density at radius 1 is 1.42 bits per heavy atom. The van der Waals surface area contributed by atoms with Gasteiger partial charge in [-0.25, -0.2) is 4.79 Å². The van der Waals surface area contributed by atoms with Crippen molar-refractivity contribution in [1.29, 1.82) is 0 Å². The Hall–Kier alpha value is -2.10. The van der Waals surface area contributed by atoms with E-state index >= 15 is 0 Å². The molecule has 4 nitrogen and oxygen atoms in total. The fourth-order valence-electron chi connectivity index (χ4n) is 2.96. The highest BCUT2D eigenvalue weighted by Gasteiger charge is 2.48. The maximum Gasteiger partial charge on any atom is 0.334 e. The van der Waals surface area contributed by atoms with Gasteiger partial charge in [-0.3, -0.25) is 4.79 Å². The molecule has 1 aromatic rings. The molecule has 3 rings (SSSR count). The average molecular weight is 257 g/mol. The molecule has 1 spiro atoms. The summed E-state index contributed by atoms with van der Waals surface area (Å²) in [6.45, 7) is 5.87. The van der Waals surface area contributed by atoms with E-state index in [-0.39, 0.29) is 11.9 Å². The Balaban J connectivity index is 2.12. The maximum absolute atomic E-state index is 11.7. The lowest BCUT2D eigenvalue weighted by Crippen LogP contribution is -2.42. The van der Waals surface area contributed by atoms with Gasteiger partial charge in [-0.1, -0.05) is 24.8 Å². The topological polar surface area (TPSA) is 46.6 Å². The number of hydrogen-bond acceptors (Lipinski definition) is 3. The van der Waals surface area contributed by atoms with Crippen LogP contribution >= 0.6 is 0 Å². The van der Waals surface area contributed by atoms with Crippen LogP contribution < -0.4 is 4.90 Å². The van der Waals surface area contributed by atoms with E-state index in [9.17, 15) is 9.59 Å². The van der Waals surface area contributed by atoms with Crippen molar-refractivity contribution in [3.8, 4) is 0 Å². The van der Waals surface area contributed by atoms with Crippen molar-refractivity contribution in [3.63, 3.8) is 0 Å². The largest absolute Gasteiger partial charge is 0.450 e. The van der Waals surface area contributed by atoms with Gasteiger partial charge in [-0.15, -0.1) is 0 Å². The lowest BCUT2D eigenvalue weighted by Gasteiger charge is -2.39. The monoisotopic (exact) mass is 257 g/mol. The minimum absolute atomic E-state index is 0.00505. The highest BCUT2D eigenvalue weighted by atomic mass is 16.6. The molecule has 1 atom stereocenters. The second-order valence-electron chi connectivity index (χ2n) is 5.10. The van der Waals surface area contributed by atoms with E-state index in [1.165, 1.54) is 0 Å². The van der Waals surface area contributed by atoms with Crippen LogP contribution in [0.3, 0.4) is 0 Å². The molecule has 1 unspecified atom stereocenters. The minimum Gasteiger partial charge on any atom is -0.450 e. The van der Waals surface area contributed by atoms with E-state index in [0.29, 0.717) is 25.0 Å². The van der Waals surface area contributed by atoms with Crippen molar-refractivity contribution in [2.45, 2.75) is 25.4 Å². The molecule has 1 fully saturated rings. The molecular formula is C15H15NO3. The van der Waals surface area contributed by atoms with Gasteiger partial charge in [0, 0.05) is 37.4 Å². The summed E-state index contributed by atoms with van der Waals surface area (Å²) in [6.07, 6.45) is 1.13. The second kappa shape index (κ2) is 3.95. The van der Waals surface area contributed by atoms with Crippen molar-refractivity contribution < 1.29 is 14.3 Å². The summed E-state index contributed by atoms with van der Waals surface area (Å²) in [5.74, 6) is -0.323. The van der Waals surface area contributed by atoms with Crippen molar-refractivity contribution in [3.05, 3.63) is 42.0 Å². The molecule has 1 aromatic carbocycles. The van der Waals surface area contributed by atoms with Gasteiger partial charge in [0.05, 0.1) is 5.69 Å². The minimum atomic E-state index is -0.628. The molecule has 4 heteroatoms. The SMILES string of the molecule is C=C1CC2(CCN(C(C)=O)c3ccccc32)OC1=O. The van der Waals surface area contributed by atoms with Gasteiger partial charge in [0.2, 0.25) is 5.91 Å². The van der Waals surface area contributed by atoms with Crippen molar-refractivity contribution in [2.75, 3.05) is 11.4 Å². The average Bonchev–Trinajstić information content (AvgIpc) is 2.66. The van der Waals surface area contributed by atoms with E-state index in [0.717, 1.165) is 11.3 Å². The number of anilines is 1. The quantitative estimate of drug-likeness (QED) is 0.528. The molecule has 0 radical (unpaired) electrons.